The lowest BCUT2D eigenvalue weighted by Crippen LogP contribution is -2.05. The van der Waals surface area contributed by atoms with Crippen molar-refractivity contribution in [1.82, 2.24) is 9.97 Å². The molecule has 0 radical (unpaired) electrons. The summed E-state index contributed by atoms with van der Waals surface area (Å²) in [5.41, 5.74) is 3.69. The molecule has 0 saturated heterocycles. The first-order valence-corrected chi connectivity index (χ1v) is 7.24. The van der Waals surface area contributed by atoms with E-state index in [0.717, 1.165) is 23.0 Å². The van der Waals surface area contributed by atoms with Crippen molar-refractivity contribution < 1.29 is 5.11 Å². The summed E-state index contributed by atoms with van der Waals surface area (Å²) in [5.74, 6) is 0. The van der Waals surface area contributed by atoms with Gasteiger partial charge in [-0.2, -0.15) is 0 Å². The van der Waals surface area contributed by atoms with Crippen molar-refractivity contribution in [2.45, 2.75) is 25.9 Å². The first-order valence-electron chi connectivity index (χ1n) is 7.24. The smallest absolute Gasteiger partial charge is 0.101 e. The largest absolute Gasteiger partial charge is 0.386 e. The van der Waals surface area contributed by atoms with Crippen LogP contribution in [0.3, 0.4) is 0 Å². The zero-order chi connectivity index (χ0) is 14.7. The van der Waals surface area contributed by atoms with Crippen molar-refractivity contribution in [2.24, 2.45) is 0 Å². The SMILES string of the molecule is CCc1ccc(CC(O)c2ccc3ccccc3n2)nc1. The van der Waals surface area contributed by atoms with Gasteiger partial charge in [-0.25, -0.2) is 0 Å². The minimum Gasteiger partial charge on any atom is -0.386 e. The summed E-state index contributed by atoms with van der Waals surface area (Å²) in [6, 6.07) is 15.8. The first-order chi connectivity index (χ1) is 10.3. The fourth-order valence-electron chi connectivity index (χ4n) is 2.36. The molecule has 0 spiro atoms. The van der Waals surface area contributed by atoms with Gasteiger partial charge >= 0.3 is 0 Å². The normalized spacial score (nSPS) is 12.5. The fourth-order valence-corrected chi connectivity index (χ4v) is 2.36. The minimum absolute atomic E-state index is 0.481. The Morgan fingerprint density at radius 3 is 2.67 bits per heavy atom. The highest BCUT2D eigenvalue weighted by molar-refractivity contribution is 5.78. The standard InChI is InChI=1S/C18H18N2O/c1-2-13-7-9-15(19-12-13)11-18(21)17-10-8-14-5-3-4-6-16(14)20-17/h3-10,12,18,21H,2,11H2,1H3. The van der Waals surface area contributed by atoms with Crippen molar-refractivity contribution in [1.29, 1.82) is 0 Å². The Hall–Kier alpha value is -2.26. The zero-order valence-electron chi connectivity index (χ0n) is 12.0. The van der Waals surface area contributed by atoms with Crippen LogP contribution in [-0.2, 0) is 12.8 Å². The molecule has 0 aliphatic rings. The summed E-state index contributed by atoms with van der Waals surface area (Å²) in [4.78, 5) is 8.92. The predicted octanol–water partition coefficient (Wildman–Crippen LogP) is 3.47. The Morgan fingerprint density at radius 1 is 1.05 bits per heavy atom. The molecule has 1 aromatic carbocycles. The van der Waals surface area contributed by atoms with Crippen LogP contribution < -0.4 is 0 Å². The van der Waals surface area contributed by atoms with Gasteiger partial charge in [-0.05, 0) is 30.2 Å². The van der Waals surface area contributed by atoms with Crippen molar-refractivity contribution in [3.8, 4) is 0 Å². The number of fused-ring (bicyclic) bond motifs is 1. The highest BCUT2D eigenvalue weighted by atomic mass is 16.3. The maximum Gasteiger partial charge on any atom is 0.101 e. The van der Waals surface area contributed by atoms with Crippen molar-refractivity contribution in [3.05, 3.63) is 71.7 Å². The van der Waals surface area contributed by atoms with Gasteiger partial charge < -0.3 is 5.11 Å². The number of rotatable bonds is 4. The average molecular weight is 278 g/mol. The third-order valence-electron chi connectivity index (χ3n) is 3.66. The van der Waals surface area contributed by atoms with Gasteiger partial charge in [0.25, 0.3) is 0 Å². The molecule has 1 unspecified atom stereocenters. The number of aromatic nitrogens is 2. The molecule has 0 bridgehead atoms. The number of hydrogen-bond acceptors (Lipinski definition) is 3. The monoisotopic (exact) mass is 278 g/mol. The van der Waals surface area contributed by atoms with Crippen LogP contribution in [-0.4, -0.2) is 15.1 Å². The molecule has 0 aliphatic carbocycles. The molecule has 3 nitrogen and oxygen atoms in total. The van der Waals surface area contributed by atoms with Crippen LogP contribution >= 0.6 is 0 Å². The van der Waals surface area contributed by atoms with Gasteiger partial charge in [0.2, 0.25) is 0 Å². The van der Waals surface area contributed by atoms with E-state index in [1.807, 2.05) is 48.7 Å². The van der Waals surface area contributed by atoms with E-state index in [9.17, 15) is 5.11 Å². The minimum atomic E-state index is -0.630. The number of nitrogens with zero attached hydrogens (tertiary/aromatic N) is 2. The first kappa shape index (κ1) is 13.7. The second-order valence-corrected chi connectivity index (χ2v) is 5.16. The molecule has 0 amide bonds. The summed E-state index contributed by atoms with van der Waals surface area (Å²) in [5, 5.41) is 11.4. The number of aryl methyl sites for hydroxylation is 1. The van der Waals surface area contributed by atoms with Gasteiger partial charge in [0, 0.05) is 23.7 Å². The van der Waals surface area contributed by atoms with Gasteiger partial charge in [0.1, 0.15) is 6.10 Å². The second kappa shape index (κ2) is 6.02. The van der Waals surface area contributed by atoms with Gasteiger partial charge in [0.15, 0.2) is 0 Å². The number of aliphatic hydroxyl groups excluding tert-OH is 1. The van der Waals surface area contributed by atoms with Crippen molar-refractivity contribution in [3.63, 3.8) is 0 Å². The van der Waals surface area contributed by atoms with Crippen LogP contribution in [0.15, 0.2) is 54.7 Å². The van der Waals surface area contributed by atoms with Gasteiger partial charge in [-0.15, -0.1) is 0 Å². The summed E-state index contributed by atoms with van der Waals surface area (Å²) in [6.07, 6.45) is 2.70. The number of aliphatic hydroxyl groups is 1. The van der Waals surface area contributed by atoms with E-state index < -0.39 is 6.10 Å². The Labute approximate surface area is 124 Å². The maximum absolute atomic E-state index is 10.4. The number of pyridine rings is 2. The van der Waals surface area contributed by atoms with Crippen molar-refractivity contribution in [2.75, 3.05) is 0 Å². The molecular weight excluding hydrogens is 260 g/mol. The third-order valence-corrected chi connectivity index (χ3v) is 3.66. The molecular formula is C18H18N2O. The lowest BCUT2D eigenvalue weighted by atomic mass is 10.1. The van der Waals surface area contributed by atoms with Gasteiger partial charge in [-0.1, -0.05) is 37.3 Å². The molecule has 2 heterocycles. The molecule has 0 fully saturated rings. The van der Waals surface area contributed by atoms with Crippen LogP contribution in [0.4, 0.5) is 0 Å². The third kappa shape index (κ3) is 3.09. The Balaban J connectivity index is 1.80. The highest BCUT2D eigenvalue weighted by Gasteiger charge is 2.11. The van der Waals surface area contributed by atoms with Crippen LogP contribution in [0, 0.1) is 0 Å². The summed E-state index contributed by atoms with van der Waals surface area (Å²) in [7, 11) is 0. The molecule has 106 valence electrons. The Bertz CT molecular complexity index is 738. The van der Waals surface area contributed by atoms with Gasteiger partial charge in [0.05, 0.1) is 11.2 Å². The van der Waals surface area contributed by atoms with Gasteiger partial charge in [-0.3, -0.25) is 9.97 Å². The van der Waals surface area contributed by atoms with E-state index in [-0.39, 0.29) is 0 Å². The quantitative estimate of drug-likeness (QED) is 0.795. The lowest BCUT2D eigenvalue weighted by Gasteiger charge is -2.11. The molecule has 0 saturated carbocycles. The number of hydrogen-bond donors (Lipinski definition) is 1. The van der Waals surface area contributed by atoms with E-state index in [1.54, 1.807) is 0 Å². The Kier molecular flexibility index (Phi) is 3.93. The van der Waals surface area contributed by atoms with Crippen molar-refractivity contribution >= 4 is 10.9 Å². The maximum atomic E-state index is 10.4. The fraction of sp³-hybridized carbons (Fsp3) is 0.222. The summed E-state index contributed by atoms with van der Waals surface area (Å²) in [6.45, 7) is 2.10. The Morgan fingerprint density at radius 2 is 1.90 bits per heavy atom. The van der Waals surface area contributed by atoms with Crippen LogP contribution in [0.2, 0.25) is 0 Å². The average Bonchev–Trinajstić information content (AvgIpc) is 2.55. The molecule has 3 heteroatoms. The van der Waals surface area contributed by atoms with E-state index in [1.165, 1.54) is 5.56 Å². The molecule has 1 N–H and O–H groups in total. The predicted molar refractivity (Wildman–Crippen MR) is 84.0 cm³/mol. The number of para-hydroxylation sites is 1. The number of benzene rings is 1. The van der Waals surface area contributed by atoms with Crippen LogP contribution in [0.1, 0.15) is 30.0 Å². The van der Waals surface area contributed by atoms with Crippen LogP contribution in [0.25, 0.3) is 10.9 Å². The summed E-state index contributed by atoms with van der Waals surface area (Å²) < 4.78 is 0. The topological polar surface area (TPSA) is 46.0 Å². The zero-order valence-corrected chi connectivity index (χ0v) is 12.0. The molecule has 21 heavy (non-hydrogen) atoms. The van der Waals surface area contributed by atoms with E-state index in [2.05, 4.69) is 23.0 Å². The van der Waals surface area contributed by atoms with E-state index in [0.29, 0.717) is 12.1 Å². The lowest BCUT2D eigenvalue weighted by molar-refractivity contribution is 0.173. The molecule has 0 aliphatic heterocycles. The summed E-state index contributed by atoms with van der Waals surface area (Å²) >= 11 is 0. The molecule has 2 aromatic heterocycles. The van der Waals surface area contributed by atoms with E-state index >= 15 is 0 Å². The molecule has 1 atom stereocenters. The molecule has 3 rings (SSSR count). The van der Waals surface area contributed by atoms with E-state index in [4.69, 9.17) is 0 Å². The highest BCUT2D eigenvalue weighted by Crippen LogP contribution is 2.19. The second-order valence-electron chi connectivity index (χ2n) is 5.16. The molecule has 3 aromatic rings. The van der Waals surface area contributed by atoms with Crippen LogP contribution in [0.5, 0.6) is 0 Å².